The third-order valence-corrected chi connectivity index (χ3v) is 3.91. The van der Waals surface area contributed by atoms with Crippen molar-refractivity contribution in [2.24, 2.45) is 0 Å². The number of carbonyl (C=O) groups excluding carboxylic acids is 2. The fourth-order valence-corrected chi connectivity index (χ4v) is 2.39. The van der Waals surface area contributed by atoms with Gasteiger partial charge in [-0.25, -0.2) is 9.59 Å². The number of alkyl halides is 1. The van der Waals surface area contributed by atoms with E-state index in [2.05, 4.69) is 6.92 Å². The number of carbonyl (C=O) groups is 2. The van der Waals surface area contributed by atoms with Crippen molar-refractivity contribution in [1.82, 2.24) is 0 Å². The Hall–Kier alpha value is -1.55. The molecule has 0 heterocycles. The van der Waals surface area contributed by atoms with Gasteiger partial charge in [0, 0.05) is 0 Å². The molecule has 0 amide bonds. The highest BCUT2D eigenvalue weighted by Crippen LogP contribution is 2.10. The van der Waals surface area contributed by atoms with Crippen LogP contribution < -0.4 is 0 Å². The molecule has 0 aromatic heterocycles. The molecule has 1 aromatic rings. The Morgan fingerprint density at radius 2 is 1.36 bits per heavy atom. The van der Waals surface area contributed by atoms with Gasteiger partial charge in [-0.15, -0.1) is 11.6 Å². The zero-order valence-electron chi connectivity index (χ0n) is 15.3. The Morgan fingerprint density at radius 1 is 0.880 bits per heavy atom. The molecule has 4 nitrogen and oxygen atoms in total. The number of rotatable bonds is 12. The lowest BCUT2D eigenvalue weighted by Crippen LogP contribution is -2.12. The van der Waals surface area contributed by atoms with Crippen LogP contribution in [0.3, 0.4) is 0 Å². The minimum absolute atomic E-state index is 0.155. The Labute approximate surface area is 155 Å². The second kappa shape index (κ2) is 12.8. The molecule has 1 aromatic carbocycles. The smallest absolute Gasteiger partial charge is 0.338 e. The number of benzene rings is 1. The van der Waals surface area contributed by atoms with E-state index in [4.69, 9.17) is 21.1 Å². The lowest BCUT2D eigenvalue weighted by atomic mass is 10.1. The van der Waals surface area contributed by atoms with Crippen molar-refractivity contribution in [3.63, 3.8) is 0 Å². The van der Waals surface area contributed by atoms with E-state index >= 15 is 0 Å². The first-order valence-corrected chi connectivity index (χ1v) is 9.56. The molecule has 0 saturated heterocycles. The quantitative estimate of drug-likeness (QED) is 0.282. The first-order chi connectivity index (χ1) is 12.0. The predicted octanol–water partition coefficient (Wildman–Crippen LogP) is 5.38. The fourth-order valence-electron chi connectivity index (χ4n) is 2.32. The highest BCUT2D eigenvalue weighted by molar-refractivity contribution is 6.20. The van der Waals surface area contributed by atoms with Crippen LogP contribution in [0.4, 0.5) is 0 Å². The van der Waals surface area contributed by atoms with Crippen molar-refractivity contribution in [3.8, 4) is 0 Å². The van der Waals surface area contributed by atoms with Crippen LogP contribution in [0.15, 0.2) is 24.3 Å². The second-order valence-corrected chi connectivity index (χ2v) is 6.96. The van der Waals surface area contributed by atoms with Gasteiger partial charge in [0.05, 0.1) is 23.1 Å². The summed E-state index contributed by atoms with van der Waals surface area (Å²) in [6, 6.07) is 6.28. The van der Waals surface area contributed by atoms with Gasteiger partial charge in [-0.2, -0.15) is 0 Å². The topological polar surface area (TPSA) is 52.6 Å². The number of hydrogen-bond donors (Lipinski definition) is 0. The van der Waals surface area contributed by atoms with Gasteiger partial charge < -0.3 is 9.47 Å². The Balaban J connectivity index is 2.26. The van der Waals surface area contributed by atoms with Crippen LogP contribution >= 0.6 is 11.6 Å². The largest absolute Gasteiger partial charge is 0.462 e. The predicted molar refractivity (Wildman–Crippen MR) is 100 cm³/mol. The molecule has 140 valence electrons. The lowest BCUT2D eigenvalue weighted by Gasteiger charge is -2.07. The van der Waals surface area contributed by atoms with Crippen LogP contribution in [0.5, 0.6) is 0 Å². The molecule has 0 N–H and O–H groups in total. The average Bonchev–Trinajstić information content (AvgIpc) is 2.61. The highest BCUT2D eigenvalue weighted by atomic mass is 35.5. The van der Waals surface area contributed by atoms with E-state index in [1.165, 1.54) is 32.1 Å². The maximum Gasteiger partial charge on any atom is 0.338 e. The summed E-state index contributed by atoms with van der Waals surface area (Å²) in [5.41, 5.74) is 0.825. The monoisotopic (exact) mass is 368 g/mol. The van der Waals surface area contributed by atoms with Gasteiger partial charge in [0.1, 0.15) is 6.61 Å². The molecule has 0 saturated carbocycles. The SMILES string of the molecule is CCCCCCCCCOC(=O)c1ccc(C(=O)OCC(C)Cl)cc1. The zero-order chi connectivity index (χ0) is 18.5. The van der Waals surface area contributed by atoms with E-state index < -0.39 is 5.97 Å². The van der Waals surface area contributed by atoms with Gasteiger partial charge in [-0.1, -0.05) is 45.4 Å². The summed E-state index contributed by atoms with van der Waals surface area (Å²) in [6.07, 6.45) is 8.25. The maximum atomic E-state index is 12.0. The Bertz CT molecular complexity index is 511. The molecule has 0 radical (unpaired) electrons. The molecule has 1 rings (SSSR count). The number of ether oxygens (including phenoxy) is 2. The highest BCUT2D eigenvalue weighted by Gasteiger charge is 2.11. The van der Waals surface area contributed by atoms with Crippen LogP contribution in [0.25, 0.3) is 0 Å². The lowest BCUT2D eigenvalue weighted by molar-refractivity contribution is 0.0487. The summed E-state index contributed by atoms with van der Waals surface area (Å²) >= 11 is 5.74. The Morgan fingerprint density at radius 3 is 1.88 bits per heavy atom. The summed E-state index contributed by atoms with van der Waals surface area (Å²) in [5, 5.41) is -0.232. The van der Waals surface area contributed by atoms with Crippen LogP contribution in [0.1, 0.15) is 79.5 Å². The molecule has 0 bridgehead atoms. The fraction of sp³-hybridized carbons (Fsp3) is 0.600. The van der Waals surface area contributed by atoms with E-state index in [0.29, 0.717) is 17.7 Å². The summed E-state index contributed by atoms with van der Waals surface area (Å²) < 4.78 is 10.3. The van der Waals surface area contributed by atoms with Gasteiger partial charge in [-0.05, 0) is 37.6 Å². The van der Waals surface area contributed by atoms with Crippen molar-refractivity contribution in [3.05, 3.63) is 35.4 Å². The average molecular weight is 369 g/mol. The van der Waals surface area contributed by atoms with E-state index in [-0.39, 0.29) is 18.0 Å². The molecule has 1 atom stereocenters. The van der Waals surface area contributed by atoms with Crippen molar-refractivity contribution in [1.29, 1.82) is 0 Å². The molecule has 25 heavy (non-hydrogen) atoms. The maximum absolute atomic E-state index is 12.0. The van der Waals surface area contributed by atoms with Gasteiger partial charge in [-0.3, -0.25) is 0 Å². The van der Waals surface area contributed by atoms with Crippen LogP contribution in [0.2, 0.25) is 0 Å². The molecule has 0 fully saturated rings. The normalized spacial score (nSPS) is 11.8. The van der Waals surface area contributed by atoms with Crippen molar-refractivity contribution in [2.75, 3.05) is 13.2 Å². The van der Waals surface area contributed by atoms with Crippen LogP contribution in [-0.4, -0.2) is 30.5 Å². The number of hydrogen-bond acceptors (Lipinski definition) is 4. The van der Waals surface area contributed by atoms with Crippen molar-refractivity contribution in [2.45, 2.75) is 64.2 Å². The van der Waals surface area contributed by atoms with E-state index in [9.17, 15) is 9.59 Å². The van der Waals surface area contributed by atoms with E-state index in [1.807, 2.05) is 0 Å². The molecular formula is C20H29ClO4. The molecule has 1 unspecified atom stereocenters. The third-order valence-electron chi connectivity index (χ3n) is 3.78. The van der Waals surface area contributed by atoms with Gasteiger partial charge >= 0.3 is 11.9 Å². The minimum atomic E-state index is -0.449. The molecular weight excluding hydrogens is 340 g/mol. The van der Waals surface area contributed by atoms with E-state index in [0.717, 1.165) is 12.8 Å². The first-order valence-electron chi connectivity index (χ1n) is 9.13. The molecule has 5 heteroatoms. The van der Waals surface area contributed by atoms with Crippen molar-refractivity contribution < 1.29 is 19.1 Å². The van der Waals surface area contributed by atoms with Crippen LogP contribution in [-0.2, 0) is 9.47 Å². The van der Waals surface area contributed by atoms with Gasteiger partial charge in [0.25, 0.3) is 0 Å². The molecule has 0 aliphatic rings. The summed E-state index contributed by atoms with van der Waals surface area (Å²) in [6.45, 7) is 4.54. The standard InChI is InChI=1S/C20H29ClO4/c1-3-4-5-6-7-8-9-14-24-19(22)17-10-12-18(13-11-17)20(23)25-15-16(2)21/h10-13,16H,3-9,14-15H2,1-2H3. The number of unbranched alkanes of at least 4 members (excludes halogenated alkanes) is 6. The summed E-state index contributed by atoms with van der Waals surface area (Å²) in [7, 11) is 0. The summed E-state index contributed by atoms with van der Waals surface area (Å²) in [5.74, 6) is -0.809. The summed E-state index contributed by atoms with van der Waals surface area (Å²) in [4.78, 5) is 23.7. The second-order valence-electron chi connectivity index (χ2n) is 6.21. The first kappa shape index (κ1) is 21.5. The molecule has 0 aliphatic heterocycles. The number of esters is 2. The zero-order valence-corrected chi connectivity index (χ0v) is 16.0. The molecule has 0 aliphatic carbocycles. The van der Waals surface area contributed by atoms with Gasteiger partial charge in [0.15, 0.2) is 0 Å². The third kappa shape index (κ3) is 9.49. The molecule has 0 spiro atoms. The van der Waals surface area contributed by atoms with Crippen molar-refractivity contribution >= 4 is 23.5 Å². The van der Waals surface area contributed by atoms with Crippen LogP contribution in [0, 0.1) is 0 Å². The van der Waals surface area contributed by atoms with E-state index in [1.54, 1.807) is 31.2 Å². The number of halogens is 1. The van der Waals surface area contributed by atoms with Gasteiger partial charge in [0.2, 0.25) is 0 Å². The minimum Gasteiger partial charge on any atom is -0.462 e. The Kier molecular flexibility index (Phi) is 11.0.